The van der Waals surface area contributed by atoms with E-state index in [0.29, 0.717) is 31.4 Å². The van der Waals surface area contributed by atoms with E-state index in [2.05, 4.69) is 9.98 Å². The number of hydrogen-bond donors (Lipinski definition) is 2. The lowest BCUT2D eigenvalue weighted by molar-refractivity contribution is -0.142. The van der Waals surface area contributed by atoms with E-state index in [4.69, 9.17) is 33.7 Å². The molecule has 2 aliphatic rings. The van der Waals surface area contributed by atoms with E-state index >= 15 is 0 Å². The summed E-state index contributed by atoms with van der Waals surface area (Å²) in [6, 6.07) is -0.0955. The van der Waals surface area contributed by atoms with Crippen LogP contribution < -0.4 is 5.73 Å². The van der Waals surface area contributed by atoms with Crippen LogP contribution in [0.2, 0.25) is 10.0 Å². The third-order valence-electron chi connectivity index (χ3n) is 6.94. The lowest BCUT2D eigenvalue weighted by Gasteiger charge is -2.28. The summed E-state index contributed by atoms with van der Waals surface area (Å²) in [6.45, 7) is 5.58. The minimum atomic E-state index is -0.788. The van der Waals surface area contributed by atoms with Crippen molar-refractivity contribution in [2.75, 3.05) is 13.1 Å². The zero-order chi connectivity index (χ0) is 27.3. The van der Waals surface area contributed by atoms with Crippen LogP contribution >= 0.6 is 23.2 Å². The first kappa shape index (κ1) is 29.1. The Morgan fingerprint density at radius 2 is 1.81 bits per heavy atom. The molecule has 0 unspecified atom stereocenters. The molecule has 1 aliphatic carbocycles. The fourth-order valence-corrected chi connectivity index (χ4v) is 5.49. The molecule has 11 heteroatoms. The number of aliphatic carboxylic acids is 1. The Kier molecular flexibility index (Phi) is 9.72. The van der Waals surface area contributed by atoms with E-state index in [1.54, 1.807) is 6.92 Å². The molecular formula is C26H34Cl2N4O5. The molecule has 1 saturated heterocycles. The second-order valence-electron chi connectivity index (χ2n) is 10.3. The Balaban J connectivity index is 1.81. The smallest absolute Gasteiger partial charge is 0.306 e. The minimum absolute atomic E-state index is 0.0955. The number of carbonyl (C=O) groups excluding carboxylic acids is 2. The van der Waals surface area contributed by atoms with Gasteiger partial charge in [-0.1, -0.05) is 23.2 Å². The quantitative estimate of drug-likeness (QED) is 0.264. The fraction of sp³-hybridized carbons (Fsp3) is 0.577. The average Bonchev–Trinajstić information content (AvgIpc) is 3.17. The van der Waals surface area contributed by atoms with Gasteiger partial charge in [0.15, 0.2) is 5.78 Å². The van der Waals surface area contributed by atoms with Crippen LogP contribution in [0, 0.1) is 5.92 Å². The number of ether oxygens (including phenoxy) is 1. The third-order valence-corrected chi connectivity index (χ3v) is 7.51. The summed E-state index contributed by atoms with van der Waals surface area (Å²) in [5.74, 6) is -2.03. The van der Waals surface area contributed by atoms with Gasteiger partial charge < -0.3 is 20.5 Å². The predicted molar refractivity (Wildman–Crippen MR) is 142 cm³/mol. The molecule has 3 N–H and O–H groups in total. The van der Waals surface area contributed by atoms with Gasteiger partial charge in [0.25, 0.3) is 5.91 Å². The summed E-state index contributed by atoms with van der Waals surface area (Å²) in [6.07, 6.45) is 7.49. The molecule has 1 aromatic heterocycles. The fourth-order valence-electron chi connectivity index (χ4n) is 4.91. The number of ketones is 1. The molecule has 9 nitrogen and oxygen atoms in total. The maximum Gasteiger partial charge on any atom is 0.306 e. The number of rotatable bonds is 9. The molecule has 2 fully saturated rings. The van der Waals surface area contributed by atoms with Crippen molar-refractivity contribution in [1.82, 2.24) is 9.88 Å². The number of hydrogen-bond acceptors (Lipinski definition) is 7. The van der Waals surface area contributed by atoms with Gasteiger partial charge in [-0.3, -0.25) is 24.4 Å². The van der Waals surface area contributed by atoms with Gasteiger partial charge in [-0.15, -0.1) is 0 Å². The highest BCUT2D eigenvalue weighted by Gasteiger charge is 2.35. The van der Waals surface area contributed by atoms with Gasteiger partial charge in [0, 0.05) is 30.9 Å². The molecule has 1 amide bonds. The molecule has 0 radical (unpaired) electrons. The Hall–Kier alpha value is -2.49. The van der Waals surface area contributed by atoms with Crippen molar-refractivity contribution >= 4 is 46.6 Å². The first-order valence-corrected chi connectivity index (χ1v) is 13.2. The highest BCUT2D eigenvalue weighted by Crippen LogP contribution is 2.31. The van der Waals surface area contributed by atoms with Crippen LogP contribution in [0.3, 0.4) is 0 Å². The summed E-state index contributed by atoms with van der Waals surface area (Å²) >= 11 is 12.4. The first-order valence-electron chi connectivity index (χ1n) is 12.4. The molecule has 0 bridgehead atoms. The van der Waals surface area contributed by atoms with E-state index in [0.717, 1.165) is 12.8 Å². The number of halogens is 2. The number of carboxylic acids is 1. The summed E-state index contributed by atoms with van der Waals surface area (Å²) in [7, 11) is 0. The minimum Gasteiger partial charge on any atom is -0.481 e. The molecule has 1 saturated carbocycles. The Bertz CT molecular complexity index is 1080. The van der Waals surface area contributed by atoms with E-state index < -0.39 is 17.7 Å². The molecule has 37 heavy (non-hydrogen) atoms. The number of Topliss-reactive ketones (excluding diaryl/α,β-unsaturated/α-hetero) is 1. The van der Waals surface area contributed by atoms with Gasteiger partial charge in [0.05, 0.1) is 51.4 Å². The van der Waals surface area contributed by atoms with Gasteiger partial charge in [0.1, 0.15) is 0 Å². The van der Waals surface area contributed by atoms with E-state index in [9.17, 15) is 19.5 Å². The first-order chi connectivity index (χ1) is 17.4. The second-order valence-corrected chi connectivity index (χ2v) is 11.1. The van der Waals surface area contributed by atoms with Crippen LogP contribution in [0.5, 0.6) is 0 Å². The average molecular weight is 553 g/mol. The van der Waals surface area contributed by atoms with Gasteiger partial charge >= 0.3 is 5.97 Å². The van der Waals surface area contributed by atoms with E-state index in [1.807, 2.05) is 13.8 Å². The molecule has 1 atom stereocenters. The Morgan fingerprint density at radius 3 is 2.32 bits per heavy atom. The molecule has 2 heterocycles. The number of pyridine rings is 1. The van der Waals surface area contributed by atoms with E-state index in [-0.39, 0.29) is 57.9 Å². The van der Waals surface area contributed by atoms with Gasteiger partial charge in [-0.05, 0) is 59.3 Å². The molecule has 3 rings (SSSR count). The molecule has 1 aliphatic heterocycles. The van der Waals surface area contributed by atoms with Crippen molar-refractivity contribution in [3.63, 3.8) is 0 Å². The normalized spacial score (nSPS) is 24.1. The predicted octanol–water partition coefficient (Wildman–Crippen LogP) is 4.30. The maximum absolute atomic E-state index is 13.7. The summed E-state index contributed by atoms with van der Waals surface area (Å²) in [5.41, 5.74) is 6.29. The highest BCUT2D eigenvalue weighted by molar-refractivity contribution is 6.39. The Labute approximate surface area is 227 Å². The van der Waals surface area contributed by atoms with Crippen molar-refractivity contribution < 1.29 is 24.2 Å². The van der Waals surface area contributed by atoms with Crippen molar-refractivity contribution in [3.8, 4) is 0 Å². The van der Waals surface area contributed by atoms with Gasteiger partial charge in [-0.25, -0.2) is 0 Å². The number of aliphatic imine (C=N–C) groups is 1. The van der Waals surface area contributed by atoms with Crippen molar-refractivity contribution in [2.24, 2.45) is 16.6 Å². The lowest BCUT2D eigenvalue weighted by Crippen LogP contribution is -2.43. The number of carbonyl (C=O) groups is 3. The van der Waals surface area contributed by atoms with Crippen LogP contribution in [0.25, 0.3) is 0 Å². The van der Waals surface area contributed by atoms with Crippen molar-refractivity contribution in [2.45, 2.75) is 77.0 Å². The largest absolute Gasteiger partial charge is 0.481 e. The van der Waals surface area contributed by atoms with E-state index in [1.165, 1.54) is 23.5 Å². The van der Waals surface area contributed by atoms with Crippen LogP contribution in [-0.4, -0.2) is 69.2 Å². The summed E-state index contributed by atoms with van der Waals surface area (Å²) < 4.78 is 6.09. The lowest BCUT2D eigenvalue weighted by atomic mass is 9.86. The zero-order valence-electron chi connectivity index (χ0n) is 21.4. The Morgan fingerprint density at radius 1 is 1.19 bits per heavy atom. The van der Waals surface area contributed by atoms with Crippen LogP contribution in [-0.2, 0) is 14.3 Å². The molecule has 0 aromatic carbocycles. The SMILES string of the molecule is CC(=NC1CCC(C(=O)O)CC1)C(=CN)C(=O)N(CC(=O)c1c(Cl)cncc1Cl)C[C@H]1CCC(C)(C)O1. The van der Waals surface area contributed by atoms with Gasteiger partial charge in [-0.2, -0.15) is 0 Å². The third kappa shape index (κ3) is 7.52. The van der Waals surface area contributed by atoms with Gasteiger partial charge in [0.2, 0.25) is 0 Å². The van der Waals surface area contributed by atoms with Crippen LogP contribution in [0.1, 0.15) is 69.7 Å². The van der Waals surface area contributed by atoms with Crippen molar-refractivity contribution in [1.29, 1.82) is 0 Å². The molecule has 0 spiro atoms. The van der Waals surface area contributed by atoms with Crippen LogP contribution in [0.4, 0.5) is 0 Å². The number of nitrogens with zero attached hydrogens (tertiary/aromatic N) is 3. The summed E-state index contributed by atoms with van der Waals surface area (Å²) in [4.78, 5) is 48.2. The zero-order valence-corrected chi connectivity index (χ0v) is 22.9. The second kappa shape index (κ2) is 12.4. The maximum atomic E-state index is 13.7. The van der Waals surface area contributed by atoms with Crippen LogP contribution in [0.15, 0.2) is 29.2 Å². The monoisotopic (exact) mass is 552 g/mol. The molecule has 1 aromatic rings. The molecular weight excluding hydrogens is 519 g/mol. The summed E-state index contributed by atoms with van der Waals surface area (Å²) in [5, 5.41) is 9.44. The highest BCUT2D eigenvalue weighted by atomic mass is 35.5. The number of carboxylic acid groups (broad SMARTS) is 1. The molecule has 202 valence electrons. The van der Waals surface area contributed by atoms with Crippen molar-refractivity contribution in [3.05, 3.63) is 39.8 Å². The standard InChI is InChI=1S/C26H34Cl2N4O5/c1-15(31-17-6-4-16(5-7-17)25(35)36)19(10-29)24(34)32(13-18-8-9-26(2,3)37-18)14-22(33)23-20(27)11-30-12-21(23)28/h10-12,16-18H,4-9,13-14,29H2,1-3H3,(H,35,36)/t16?,17?,18-/m1/s1. The number of aromatic nitrogens is 1. The number of nitrogens with two attached hydrogens (primary N) is 1. The topological polar surface area (TPSA) is 135 Å². The number of amides is 1.